The van der Waals surface area contributed by atoms with Crippen molar-refractivity contribution in [1.29, 1.82) is 0 Å². The third-order valence-corrected chi connectivity index (χ3v) is 4.55. The molecule has 1 aromatic heterocycles. The number of aliphatic carboxylic acids is 1. The van der Waals surface area contributed by atoms with E-state index in [1.165, 1.54) is 6.26 Å². The van der Waals surface area contributed by atoms with Crippen molar-refractivity contribution in [2.75, 3.05) is 11.6 Å². The Morgan fingerprint density at radius 2 is 1.68 bits per heavy atom. The average molecular weight is 412 g/mol. The molecule has 0 aliphatic heterocycles. The first-order valence-corrected chi connectivity index (χ1v) is 9.58. The van der Waals surface area contributed by atoms with Crippen LogP contribution in [0.4, 0.5) is 24.5 Å². The molecule has 28 heavy (non-hydrogen) atoms. The van der Waals surface area contributed by atoms with E-state index in [9.17, 15) is 21.6 Å². The average Bonchev–Trinajstić information content (AvgIpc) is 2.61. The molecule has 2 aromatic carbocycles. The summed E-state index contributed by atoms with van der Waals surface area (Å²) in [7, 11) is -3.24. The number of hydrogen-bond acceptors (Lipinski definition) is 5. The van der Waals surface area contributed by atoms with Gasteiger partial charge in [0.25, 0.3) is 0 Å². The number of benzene rings is 2. The maximum Gasteiger partial charge on any atom is 0.490 e. The Kier molecular flexibility index (Phi) is 6.24. The molecule has 3 rings (SSSR count). The molecule has 148 valence electrons. The lowest BCUT2D eigenvalue weighted by Crippen LogP contribution is -2.21. The first-order chi connectivity index (χ1) is 13.0. The van der Waals surface area contributed by atoms with E-state index >= 15 is 0 Å². The number of hydrogen-bond donors (Lipinski definition) is 2. The highest BCUT2D eigenvalue weighted by molar-refractivity contribution is 7.90. The molecule has 0 radical (unpaired) electrons. The zero-order valence-electron chi connectivity index (χ0n) is 14.4. The van der Waals surface area contributed by atoms with Gasteiger partial charge in [0.2, 0.25) is 0 Å². The standard InChI is InChI=1S/C16H14N2O2S.C2HF3O2/c1-21(19,20)13-7-8-15-14(11-13)16(9-10-17-15)18-12-5-3-2-4-6-12;3-2(4,5)1(6)7/h2-11H,1H3,(H,17,18);(H,6,7). The lowest BCUT2D eigenvalue weighted by atomic mass is 10.2. The third-order valence-electron chi connectivity index (χ3n) is 3.44. The van der Waals surface area contributed by atoms with Crippen LogP contribution < -0.4 is 5.32 Å². The first-order valence-electron chi connectivity index (χ1n) is 7.69. The van der Waals surface area contributed by atoms with Gasteiger partial charge in [-0.15, -0.1) is 0 Å². The van der Waals surface area contributed by atoms with Gasteiger partial charge in [-0.25, -0.2) is 13.2 Å². The molecule has 1 heterocycles. The van der Waals surface area contributed by atoms with Crippen LogP contribution in [0.25, 0.3) is 10.9 Å². The number of pyridine rings is 1. The topological polar surface area (TPSA) is 96.4 Å². The van der Waals surface area contributed by atoms with Gasteiger partial charge in [-0.2, -0.15) is 13.2 Å². The van der Waals surface area contributed by atoms with Gasteiger partial charge >= 0.3 is 12.1 Å². The van der Waals surface area contributed by atoms with Crippen LogP contribution >= 0.6 is 0 Å². The number of para-hydroxylation sites is 1. The quantitative estimate of drug-likeness (QED) is 0.675. The summed E-state index contributed by atoms with van der Waals surface area (Å²) >= 11 is 0. The maximum atomic E-state index is 11.7. The Labute approximate surface area is 158 Å². The predicted octanol–water partition coefficient (Wildman–Crippen LogP) is 4.02. The summed E-state index contributed by atoms with van der Waals surface area (Å²) in [6, 6.07) is 16.5. The minimum atomic E-state index is -5.08. The Morgan fingerprint density at radius 3 is 2.21 bits per heavy atom. The summed E-state index contributed by atoms with van der Waals surface area (Å²) in [6.07, 6.45) is -2.18. The minimum absolute atomic E-state index is 0.291. The monoisotopic (exact) mass is 412 g/mol. The second-order valence-electron chi connectivity index (χ2n) is 5.60. The van der Waals surface area contributed by atoms with Crippen molar-refractivity contribution in [3.05, 3.63) is 60.8 Å². The zero-order valence-corrected chi connectivity index (χ0v) is 15.3. The minimum Gasteiger partial charge on any atom is -0.475 e. The number of alkyl halides is 3. The van der Waals surface area contributed by atoms with Gasteiger partial charge in [-0.1, -0.05) is 18.2 Å². The van der Waals surface area contributed by atoms with E-state index in [1.807, 2.05) is 36.4 Å². The molecule has 6 nitrogen and oxygen atoms in total. The zero-order chi connectivity index (χ0) is 20.9. The molecule has 10 heteroatoms. The van der Waals surface area contributed by atoms with Gasteiger partial charge in [0.1, 0.15) is 0 Å². The van der Waals surface area contributed by atoms with E-state index in [2.05, 4.69) is 10.3 Å². The Hall–Kier alpha value is -3.14. The van der Waals surface area contributed by atoms with Crippen LogP contribution in [-0.2, 0) is 14.6 Å². The highest BCUT2D eigenvalue weighted by atomic mass is 32.2. The van der Waals surface area contributed by atoms with Gasteiger partial charge in [-0.05, 0) is 36.4 Å². The van der Waals surface area contributed by atoms with Gasteiger partial charge in [0.05, 0.1) is 10.4 Å². The summed E-state index contributed by atoms with van der Waals surface area (Å²) < 4.78 is 55.1. The van der Waals surface area contributed by atoms with Crippen LogP contribution in [0.15, 0.2) is 65.7 Å². The highest BCUT2D eigenvalue weighted by Gasteiger charge is 2.38. The van der Waals surface area contributed by atoms with E-state index in [0.717, 1.165) is 22.3 Å². The van der Waals surface area contributed by atoms with Crippen molar-refractivity contribution >= 4 is 38.1 Å². The fourth-order valence-electron chi connectivity index (χ4n) is 2.14. The van der Waals surface area contributed by atoms with E-state index in [0.29, 0.717) is 4.90 Å². The van der Waals surface area contributed by atoms with Crippen LogP contribution in [-0.4, -0.2) is 36.9 Å². The van der Waals surface area contributed by atoms with Gasteiger partial charge in [0.15, 0.2) is 9.84 Å². The molecule has 0 amide bonds. The van der Waals surface area contributed by atoms with Crippen molar-refractivity contribution in [3.63, 3.8) is 0 Å². The summed E-state index contributed by atoms with van der Waals surface area (Å²) in [5.74, 6) is -2.76. The van der Waals surface area contributed by atoms with Crippen molar-refractivity contribution in [2.24, 2.45) is 0 Å². The number of sulfone groups is 1. The molecule has 0 saturated heterocycles. The number of nitrogens with one attached hydrogen (secondary N) is 1. The number of fused-ring (bicyclic) bond motifs is 1. The Balaban J connectivity index is 0.000000345. The number of carboxylic acids is 1. The molecule has 0 unspecified atom stereocenters. The van der Waals surface area contributed by atoms with Crippen molar-refractivity contribution in [1.82, 2.24) is 4.98 Å². The number of aromatic nitrogens is 1. The normalized spacial score (nSPS) is 11.4. The molecule has 2 N–H and O–H groups in total. The van der Waals surface area contributed by atoms with E-state index in [-0.39, 0.29) is 0 Å². The third kappa shape index (κ3) is 5.68. The molecule has 0 fully saturated rings. The number of halogens is 3. The SMILES string of the molecule is CS(=O)(=O)c1ccc2nccc(Nc3ccccc3)c2c1.O=C(O)C(F)(F)F. The molecular weight excluding hydrogens is 397 g/mol. The second kappa shape index (κ2) is 8.26. The molecule has 0 saturated carbocycles. The number of nitrogens with zero attached hydrogens (tertiary/aromatic N) is 1. The van der Waals surface area contributed by atoms with Crippen LogP contribution in [0.3, 0.4) is 0 Å². The molecule has 0 aliphatic carbocycles. The predicted molar refractivity (Wildman–Crippen MR) is 98.3 cm³/mol. The van der Waals surface area contributed by atoms with Crippen LogP contribution in [0.5, 0.6) is 0 Å². The first kappa shape index (κ1) is 21.2. The summed E-state index contributed by atoms with van der Waals surface area (Å²) in [4.78, 5) is 13.5. The fourth-order valence-corrected chi connectivity index (χ4v) is 2.79. The van der Waals surface area contributed by atoms with Crippen molar-refractivity contribution in [2.45, 2.75) is 11.1 Å². The molecule has 3 aromatic rings. The largest absolute Gasteiger partial charge is 0.490 e. The molecule has 0 aliphatic rings. The van der Waals surface area contributed by atoms with Crippen LogP contribution in [0.2, 0.25) is 0 Å². The van der Waals surface area contributed by atoms with Crippen molar-refractivity contribution in [3.8, 4) is 0 Å². The number of carboxylic acid groups (broad SMARTS) is 1. The summed E-state index contributed by atoms with van der Waals surface area (Å²) in [5.41, 5.74) is 2.52. The van der Waals surface area contributed by atoms with Crippen LogP contribution in [0, 0.1) is 0 Å². The number of carbonyl (C=O) groups is 1. The van der Waals surface area contributed by atoms with Crippen molar-refractivity contribution < 1.29 is 31.5 Å². The lowest BCUT2D eigenvalue weighted by Gasteiger charge is -2.10. The Bertz CT molecular complexity index is 1080. The molecule has 0 atom stereocenters. The summed E-state index contributed by atoms with van der Waals surface area (Å²) in [6.45, 7) is 0. The number of rotatable bonds is 3. The molecular formula is C18H15F3N2O4S. The van der Waals surface area contributed by atoms with E-state index in [4.69, 9.17) is 9.90 Å². The van der Waals surface area contributed by atoms with E-state index < -0.39 is 22.0 Å². The molecule has 0 spiro atoms. The smallest absolute Gasteiger partial charge is 0.475 e. The van der Waals surface area contributed by atoms with Gasteiger partial charge in [-0.3, -0.25) is 4.98 Å². The maximum absolute atomic E-state index is 11.7. The van der Waals surface area contributed by atoms with Gasteiger partial charge < -0.3 is 10.4 Å². The summed E-state index contributed by atoms with van der Waals surface area (Å²) in [5, 5.41) is 11.2. The highest BCUT2D eigenvalue weighted by Crippen LogP contribution is 2.27. The fraction of sp³-hybridized carbons (Fsp3) is 0.111. The Morgan fingerprint density at radius 1 is 1.07 bits per heavy atom. The lowest BCUT2D eigenvalue weighted by molar-refractivity contribution is -0.192. The van der Waals surface area contributed by atoms with Gasteiger partial charge in [0, 0.05) is 29.2 Å². The second-order valence-corrected chi connectivity index (χ2v) is 7.62. The van der Waals surface area contributed by atoms with E-state index in [1.54, 1.807) is 24.4 Å². The molecule has 0 bridgehead atoms. The van der Waals surface area contributed by atoms with Crippen LogP contribution in [0.1, 0.15) is 0 Å². The number of anilines is 2.